The topological polar surface area (TPSA) is 96.2 Å². The van der Waals surface area contributed by atoms with Crippen molar-refractivity contribution in [1.29, 1.82) is 0 Å². The quantitative estimate of drug-likeness (QED) is 0.339. The molecule has 1 saturated heterocycles. The lowest BCUT2D eigenvalue weighted by Crippen LogP contribution is -2.49. The lowest BCUT2D eigenvalue weighted by molar-refractivity contribution is -0.384. The highest BCUT2D eigenvalue weighted by Gasteiger charge is 2.30. The molecule has 9 heteroatoms. The van der Waals surface area contributed by atoms with E-state index in [2.05, 4.69) is 11.9 Å². The van der Waals surface area contributed by atoms with Gasteiger partial charge in [-0.2, -0.15) is 0 Å². The summed E-state index contributed by atoms with van der Waals surface area (Å²) in [5.74, 6) is -0.503. The minimum Gasteiger partial charge on any atom is -0.423 e. The number of non-ortho nitro benzene ring substituents is 1. The molecule has 2 heterocycles. The minimum atomic E-state index is -0.550. The van der Waals surface area contributed by atoms with E-state index in [9.17, 15) is 19.7 Å². The van der Waals surface area contributed by atoms with Gasteiger partial charge in [0, 0.05) is 19.2 Å². The molecule has 1 aromatic carbocycles. The number of fused-ring (bicyclic) bond motifs is 1. The van der Waals surface area contributed by atoms with Crippen LogP contribution in [0.2, 0.25) is 0 Å². The summed E-state index contributed by atoms with van der Waals surface area (Å²) in [4.78, 5) is 40.5. The Morgan fingerprint density at radius 2 is 2.08 bits per heavy atom. The molecule has 1 amide bonds. The molecule has 0 atom stereocenters. The molecule has 0 bridgehead atoms. The van der Waals surface area contributed by atoms with Crippen LogP contribution in [0.5, 0.6) is 5.75 Å². The van der Waals surface area contributed by atoms with E-state index in [1.54, 1.807) is 16.8 Å². The second-order valence-corrected chi connectivity index (χ2v) is 6.78. The van der Waals surface area contributed by atoms with E-state index in [1.807, 2.05) is 0 Å². The number of ether oxygens (including phenoxy) is 1. The molecule has 0 aliphatic carbocycles. The zero-order valence-corrected chi connectivity index (χ0v) is 14.9. The number of hydrogen-bond acceptors (Lipinski definition) is 7. The Labute approximate surface area is 151 Å². The number of amides is 1. The van der Waals surface area contributed by atoms with Crippen molar-refractivity contribution in [3.63, 3.8) is 0 Å². The maximum atomic E-state index is 12.7. The smallest absolute Gasteiger partial charge is 0.331 e. The van der Waals surface area contributed by atoms with Gasteiger partial charge in [-0.1, -0.05) is 0 Å². The largest absolute Gasteiger partial charge is 0.423 e. The van der Waals surface area contributed by atoms with Gasteiger partial charge in [-0.15, -0.1) is 0 Å². The van der Waals surface area contributed by atoms with Crippen molar-refractivity contribution >= 4 is 23.3 Å². The SMILES string of the molecule is CN1CCC(N(C)C(=O)CN2CC(=O)Oc3cc([N+](=O)[O-])ccc32)CC1. The van der Waals surface area contributed by atoms with Crippen LogP contribution in [-0.2, 0) is 9.59 Å². The molecule has 0 radical (unpaired) electrons. The van der Waals surface area contributed by atoms with Gasteiger partial charge in [0.05, 0.1) is 23.2 Å². The summed E-state index contributed by atoms with van der Waals surface area (Å²) in [7, 11) is 3.85. The first-order chi connectivity index (χ1) is 12.3. The third-order valence-electron chi connectivity index (χ3n) is 4.99. The molecule has 2 aliphatic heterocycles. The Morgan fingerprint density at radius 3 is 2.73 bits per heavy atom. The van der Waals surface area contributed by atoms with Gasteiger partial charge in [0.25, 0.3) is 5.69 Å². The zero-order valence-electron chi connectivity index (χ0n) is 14.9. The average molecular weight is 362 g/mol. The Bertz CT molecular complexity index is 730. The molecule has 1 aromatic rings. The summed E-state index contributed by atoms with van der Waals surface area (Å²) in [6.07, 6.45) is 1.84. The lowest BCUT2D eigenvalue weighted by Gasteiger charge is -2.37. The Morgan fingerprint density at radius 1 is 1.38 bits per heavy atom. The van der Waals surface area contributed by atoms with E-state index in [0.29, 0.717) is 5.69 Å². The number of anilines is 1. The second kappa shape index (κ2) is 7.28. The Kier molecular flexibility index (Phi) is 5.08. The summed E-state index contributed by atoms with van der Waals surface area (Å²) in [6, 6.07) is 4.26. The van der Waals surface area contributed by atoms with E-state index < -0.39 is 10.9 Å². The van der Waals surface area contributed by atoms with Crippen molar-refractivity contribution < 1.29 is 19.2 Å². The van der Waals surface area contributed by atoms with Gasteiger partial charge < -0.3 is 19.4 Å². The fourth-order valence-corrected chi connectivity index (χ4v) is 3.36. The van der Waals surface area contributed by atoms with Gasteiger partial charge in [-0.3, -0.25) is 14.9 Å². The molecule has 0 aromatic heterocycles. The lowest BCUT2D eigenvalue weighted by atomic mass is 10.0. The molecule has 140 valence electrons. The number of piperidine rings is 1. The molecule has 0 unspecified atom stereocenters. The molecule has 2 aliphatic rings. The van der Waals surface area contributed by atoms with Crippen LogP contribution in [0.4, 0.5) is 11.4 Å². The second-order valence-electron chi connectivity index (χ2n) is 6.78. The van der Waals surface area contributed by atoms with Gasteiger partial charge in [0.15, 0.2) is 5.75 Å². The molecule has 0 spiro atoms. The number of carbonyl (C=O) groups is 2. The predicted molar refractivity (Wildman–Crippen MR) is 94.2 cm³/mol. The van der Waals surface area contributed by atoms with Crippen molar-refractivity contribution in [2.24, 2.45) is 0 Å². The Hall–Kier alpha value is -2.68. The van der Waals surface area contributed by atoms with Crippen LogP contribution in [0.15, 0.2) is 18.2 Å². The number of nitro benzene ring substituents is 1. The van der Waals surface area contributed by atoms with Gasteiger partial charge in [-0.25, -0.2) is 4.79 Å². The van der Waals surface area contributed by atoms with Crippen molar-refractivity contribution in [2.45, 2.75) is 18.9 Å². The highest BCUT2D eigenvalue weighted by atomic mass is 16.6. The number of carbonyl (C=O) groups excluding carboxylic acids is 2. The van der Waals surface area contributed by atoms with Crippen molar-refractivity contribution in [3.8, 4) is 5.75 Å². The van der Waals surface area contributed by atoms with Gasteiger partial charge in [0.1, 0.15) is 6.54 Å². The summed E-state index contributed by atoms with van der Waals surface area (Å²) < 4.78 is 5.11. The summed E-state index contributed by atoms with van der Waals surface area (Å²) in [5, 5.41) is 10.9. The summed E-state index contributed by atoms with van der Waals surface area (Å²) >= 11 is 0. The molecule has 26 heavy (non-hydrogen) atoms. The highest BCUT2D eigenvalue weighted by Crippen LogP contribution is 2.35. The third-order valence-corrected chi connectivity index (χ3v) is 4.99. The molecular formula is C17H22N4O5. The average Bonchev–Trinajstić information content (AvgIpc) is 2.61. The van der Waals surface area contributed by atoms with Crippen LogP contribution in [0.25, 0.3) is 0 Å². The zero-order chi connectivity index (χ0) is 18.8. The van der Waals surface area contributed by atoms with E-state index in [4.69, 9.17) is 4.74 Å². The van der Waals surface area contributed by atoms with Crippen LogP contribution in [0.1, 0.15) is 12.8 Å². The van der Waals surface area contributed by atoms with Crippen LogP contribution >= 0.6 is 0 Å². The van der Waals surface area contributed by atoms with E-state index >= 15 is 0 Å². The first-order valence-electron chi connectivity index (χ1n) is 8.53. The summed E-state index contributed by atoms with van der Waals surface area (Å²) in [5.41, 5.74) is 0.355. The van der Waals surface area contributed by atoms with Gasteiger partial charge >= 0.3 is 5.97 Å². The fraction of sp³-hybridized carbons (Fsp3) is 0.529. The van der Waals surface area contributed by atoms with E-state index in [-0.39, 0.29) is 36.5 Å². The van der Waals surface area contributed by atoms with Crippen LogP contribution in [0.3, 0.4) is 0 Å². The van der Waals surface area contributed by atoms with Crippen molar-refractivity contribution in [1.82, 2.24) is 9.80 Å². The normalized spacial score (nSPS) is 18.2. The van der Waals surface area contributed by atoms with Crippen molar-refractivity contribution in [3.05, 3.63) is 28.3 Å². The number of benzene rings is 1. The number of hydrogen-bond donors (Lipinski definition) is 0. The molecule has 9 nitrogen and oxygen atoms in total. The maximum absolute atomic E-state index is 12.7. The summed E-state index contributed by atoms with van der Waals surface area (Å²) in [6.45, 7) is 1.87. The number of nitro groups is 1. The van der Waals surface area contributed by atoms with Gasteiger partial charge in [0.2, 0.25) is 5.91 Å². The van der Waals surface area contributed by atoms with Crippen LogP contribution in [-0.4, -0.2) is 72.9 Å². The molecular weight excluding hydrogens is 340 g/mol. The minimum absolute atomic E-state index is 0.0305. The molecule has 0 saturated carbocycles. The maximum Gasteiger partial charge on any atom is 0.331 e. The van der Waals surface area contributed by atoms with Crippen molar-refractivity contribution in [2.75, 3.05) is 45.2 Å². The third kappa shape index (κ3) is 3.77. The molecule has 1 fully saturated rings. The Balaban J connectivity index is 1.72. The van der Waals surface area contributed by atoms with E-state index in [0.717, 1.165) is 25.9 Å². The van der Waals surface area contributed by atoms with Crippen LogP contribution < -0.4 is 9.64 Å². The predicted octanol–water partition coefficient (Wildman–Crippen LogP) is 0.873. The molecule has 0 N–H and O–H groups in total. The number of esters is 1. The number of likely N-dealkylation sites (N-methyl/N-ethyl adjacent to an activating group) is 1. The van der Waals surface area contributed by atoms with Gasteiger partial charge in [-0.05, 0) is 39.0 Å². The fourth-order valence-electron chi connectivity index (χ4n) is 3.36. The highest BCUT2D eigenvalue weighted by molar-refractivity contribution is 5.89. The number of nitrogens with zero attached hydrogens (tertiary/aromatic N) is 4. The van der Waals surface area contributed by atoms with Crippen LogP contribution in [0, 0.1) is 10.1 Å². The number of likely N-dealkylation sites (tertiary alicyclic amines) is 1. The standard InChI is InChI=1S/C17H22N4O5/c1-18-7-5-12(6-8-18)19(2)16(22)10-20-11-17(23)26-15-9-13(21(24)25)3-4-14(15)20/h3-4,9,12H,5-8,10-11H2,1-2H3. The first kappa shape index (κ1) is 18.1. The first-order valence-corrected chi connectivity index (χ1v) is 8.53. The monoisotopic (exact) mass is 362 g/mol. The molecule has 3 rings (SSSR count). The van der Waals surface area contributed by atoms with E-state index in [1.165, 1.54) is 18.2 Å². The number of rotatable bonds is 4.